The first-order valence-electron chi connectivity index (χ1n) is 9.31. The lowest BCUT2D eigenvalue weighted by molar-refractivity contribution is -0.112. The fourth-order valence-corrected chi connectivity index (χ4v) is 2.76. The minimum Gasteiger partial charge on any atom is -0.497 e. The van der Waals surface area contributed by atoms with Crippen LogP contribution in [0.15, 0.2) is 54.2 Å². The van der Waals surface area contributed by atoms with Crippen molar-refractivity contribution in [3.05, 3.63) is 54.2 Å². The van der Waals surface area contributed by atoms with Gasteiger partial charge in [-0.05, 0) is 50.2 Å². The van der Waals surface area contributed by atoms with Gasteiger partial charge in [0.1, 0.15) is 23.1 Å². The van der Waals surface area contributed by atoms with E-state index in [9.17, 15) is 10.1 Å². The maximum Gasteiger partial charge on any atom is 0.267 e. The summed E-state index contributed by atoms with van der Waals surface area (Å²) in [5.41, 5.74) is 2.25. The van der Waals surface area contributed by atoms with Gasteiger partial charge in [-0.1, -0.05) is 0 Å². The average Bonchev–Trinajstić information content (AvgIpc) is 2.76. The molecule has 0 unspecified atom stereocenters. The quantitative estimate of drug-likeness (QED) is 0.494. The van der Waals surface area contributed by atoms with Gasteiger partial charge in [0.15, 0.2) is 0 Å². The number of hydrogen-bond donors (Lipinski definition) is 2. The van der Waals surface area contributed by atoms with Crippen molar-refractivity contribution in [1.82, 2.24) is 0 Å². The predicted octanol–water partition coefficient (Wildman–Crippen LogP) is 4.01. The van der Waals surface area contributed by atoms with E-state index in [1.54, 1.807) is 18.2 Å². The van der Waals surface area contributed by atoms with E-state index in [1.807, 2.05) is 30.3 Å². The molecule has 0 saturated carbocycles. The molecule has 2 rings (SSSR count). The highest BCUT2D eigenvalue weighted by atomic mass is 16.5. The number of methoxy groups -OCH3 is 2. The first kappa shape index (κ1) is 21.6. The van der Waals surface area contributed by atoms with Crippen molar-refractivity contribution >= 4 is 23.0 Å². The molecule has 0 atom stereocenters. The summed E-state index contributed by atoms with van der Waals surface area (Å²) in [5.74, 6) is 0.484. The molecule has 152 valence electrons. The maximum absolute atomic E-state index is 12.5. The molecule has 0 heterocycles. The monoisotopic (exact) mass is 394 g/mol. The lowest BCUT2D eigenvalue weighted by Crippen LogP contribution is -2.21. The van der Waals surface area contributed by atoms with Crippen LogP contribution in [0.3, 0.4) is 0 Å². The minimum absolute atomic E-state index is 0.0670. The van der Waals surface area contributed by atoms with E-state index in [0.717, 1.165) is 24.5 Å². The topological polar surface area (TPSA) is 86.6 Å². The molecule has 0 aromatic heterocycles. The van der Waals surface area contributed by atoms with Gasteiger partial charge in [0.25, 0.3) is 5.91 Å². The molecule has 7 heteroatoms. The highest BCUT2D eigenvalue weighted by Crippen LogP contribution is 2.29. The van der Waals surface area contributed by atoms with Crippen molar-refractivity contribution in [1.29, 1.82) is 5.26 Å². The molecule has 2 aromatic carbocycles. The molecule has 0 radical (unpaired) electrons. The normalized spacial score (nSPS) is 10.7. The lowest BCUT2D eigenvalue weighted by Gasteiger charge is -2.21. The molecular weight excluding hydrogens is 368 g/mol. The summed E-state index contributed by atoms with van der Waals surface area (Å²) in [6, 6.07) is 14.7. The number of ether oxygens (including phenoxy) is 2. The fourth-order valence-electron chi connectivity index (χ4n) is 2.76. The Labute approximate surface area is 171 Å². The third-order valence-electron chi connectivity index (χ3n) is 4.40. The van der Waals surface area contributed by atoms with Crippen LogP contribution in [0.5, 0.6) is 11.5 Å². The standard InChI is InChI=1S/C22H26N4O3/c1-5-26(6-2)18-9-7-17(8-10-18)24-15-16(14-23)22(27)25-20-13-19(28-3)11-12-21(20)29-4/h7-13,15,24H,5-6H2,1-4H3,(H,25,27)/b16-15-. The number of anilines is 3. The summed E-state index contributed by atoms with van der Waals surface area (Å²) >= 11 is 0. The average molecular weight is 394 g/mol. The number of carbonyl (C=O) groups excluding carboxylic acids is 1. The molecule has 29 heavy (non-hydrogen) atoms. The van der Waals surface area contributed by atoms with Crippen molar-refractivity contribution < 1.29 is 14.3 Å². The Morgan fingerprint density at radius 2 is 1.79 bits per heavy atom. The zero-order valence-corrected chi connectivity index (χ0v) is 17.2. The number of rotatable bonds is 9. The smallest absolute Gasteiger partial charge is 0.267 e. The minimum atomic E-state index is -0.550. The zero-order valence-electron chi connectivity index (χ0n) is 17.2. The Hall–Kier alpha value is -3.66. The van der Waals surface area contributed by atoms with Gasteiger partial charge in [-0.15, -0.1) is 0 Å². The van der Waals surface area contributed by atoms with Crippen molar-refractivity contribution in [3.63, 3.8) is 0 Å². The van der Waals surface area contributed by atoms with Crippen LogP contribution in [0, 0.1) is 11.3 Å². The molecule has 0 saturated heterocycles. The van der Waals surface area contributed by atoms with Crippen molar-refractivity contribution in [3.8, 4) is 17.6 Å². The van der Waals surface area contributed by atoms with E-state index in [-0.39, 0.29) is 5.57 Å². The van der Waals surface area contributed by atoms with E-state index >= 15 is 0 Å². The molecule has 0 aliphatic carbocycles. The Bertz CT molecular complexity index is 897. The highest BCUT2D eigenvalue weighted by Gasteiger charge is 2.13. The van der Waals surface area contributed by atoms with Crippen LogP contribution in [-0.2, 0) is 4.79 Å². The summed E-state index contributed by atoms with van der Waals surface area (Å²) in [4.78, 5) is 14.7. The molecule has 7 nitrogen and oxygen atoms in total. The van der Waals surface area contributed by atoms with Gasteiger partial charge in [0.05, 0.1) is 19.9 Å². The molecule has 1 amide bonds. The molecule has 2 aromatic rings. The largest absolute Gasteiger partial charge is 0.497 e. The van der Waals surface area contributed by atoms with Crippen molar-refractivity contribution in [2.75, 3.05) is 42.8 Å². The van der Waals surface area contributed by atoms with Gasteiger partial charge in [-0.3, -0.25) is 4.79 Å². The second-order valence-corrected chi connectivity index (χ2v) is 6.05. The van der Waals surface area contributed by atoms with Gasteiger partial charge in [0.2, 0.25) is 0 Å². The number of nitriles is 1. The van der Waals surface area contributed by atoms with E-state index in [1.165, 1.54) is 20.4 Å². The highest BCUT2D eigenvalue weighted by molar-refractivity contribution is 6.07. The van der Waals surface area contributed by atoms with E-state index in [2.05, 4.69) is 29.4 Å². The summed E-state index contributed by atoms with van der Waals surface area (Å²) < 4.78 is 10.4. The number of hydrogen-bond acceptors (Lipinski definition) is 6. The van der Waals surface area contributed by atoms with Crippen molar-refractivity contribution in [2.45, 2.75) is 13.8 Å². The van der Waals surface area contributed by atoms with Gasteiger partial charge in [-0.25, -0.2) is 0 Å². The van der Waals surface area contributed by atoms with Crippen LogP contribution in [0.25, 0.3) is 0 Å². The van der Waals surface area contributed by atoms with Crippen LogP contribution in [0.4, 0.5) is 17.1 Å². The molecule has 0 bridgehead atoms. The second kappa shape index (κ2) is 10.6. The van der Waals surface area contributed by atoms with Crippen LogP contribution in [-0.4, -0.2) is 33.2 Å². The SMILES string of the molecule is CCN(CC)c1ccc(N/C=C(/C#N)C(=O)Nc2cc(OC)ccc2OC)cc1. The summed E-state index contributed by atoms with van der Waals surface area (Å²) in [6.45, 7) is 6.06. The second-order valence-electron chi connectivity index (χ2n) is 6.05. The van der Waals surface area contributed by atoms with Gasteiger partial charge in [0, 0.05) is 36.7 Å². The van der Waals surface area contributed by atoms with E-state index in [0.29, 0.717) is 17.2 Å². The van der Waals surface area contributed by atoms with Crippen LogP contribution < -0.4 is 25.0 Å². The molecular formula is C22H26N4O3. The molecule has 0 spiro atoms. The van der Waals surface area contributed by atoms with Crippen LogP contribution in [0.1, 0.15) is 13.8 Å². The first-order chi connectivity index (χ1) is 14.1. The van der Waals surface area contributed by atoms with Crippen LogP contribution >= 0.6 is 0 Å². The molecule has 0 aliphatic heterocycles. The number of nitrogens with zero attached hydrogens (tertiary/aromatic N) is 2. The predicted molar refractivity (Wildman–Crippen MR) is 115 cm³/mol. The Balaban J connectivity index is 2.12. The molecule has 2 N–H and O–H groups in total. The number of nitrogens with one attached hydrogen (secondary N) is 2. The summed E-state index contributed by atoms with van der Waals surface area (Å²) in [7, 11) is 3.03. The first-order valence-corrected chi connectivity index (χ1v) is 9.31. The third-order valence-corrected chi connectivity index (χ3v) is 4.40. The van der Waals surface area contributed by atoms with Gasteiger partial charge >= 0.3 is 0 Å². The van der Waals surface area contributed by atoms with Gasteiger partial charge < -0.3 is 25.0 Å². The Morgan fingerprint density at radius 3 is 2.34 bits per heavy atom. The number of amides is 1. The Kier molecular flexibility index (Phi) is 7.92. The molecule has 0 fully saturated rings. The zero-order chi connectivity index (χ0) is 21.2. The fraction of sp³-hybridized carbons (Fsp3) is 0.273. The van der Waals surface area contributed by atoms with Crippen molar-refractivity contribution in [2.24, 2.45) is 0 Å². The number of benzene rings is 2. The lowest BCUT2D eigenvalue weighted by atomic mass is 10.2. The van der Waals surface area contributed by atoms with Gasteiger partial charge in [-0.2, -0.15) is 5.26 Å². The maximum atomic E-state index is 12.5. The van der Waals surface area contributed by atoms with Crippen LogP contribution in [0.2, 0.25) is 0 Å². The summed E-state index contributed by atoms with van der Waals surface area (Å²) in [6.07, 6.45) is 1.38. The third kappa shape index (κ3) is 5.66. The Morgan fingerprint density at radius 1 is 1.10 bits per heavy atom. The van der Waals surface area contributed by atoms with E-state index < -0.39 is 5.91 Å². The number of carbonyl (C=O) groups is 1. The molecule has 0 aliphatic rings. The summed E-state index contributed by atoms with van der Waals surface area (Å²) in [5, 5.41) is 15.1. The van der Waals surface area contributed by atoms with E-state index in [4.69, 9.17) is 9.47 Å².